The van der Waals surface area contributed by atoms with Gasteiger partial charge in [-0.1, -0.05) is 13.8 Å². The van der Waals surface area contributed by atoms with Crippen molar-refractivity contribution < 1.29 is 0 Å². The summed E-state index contributed by atoms with van der Waals surface area (Å²) in [5.41, 5.74) is 8.52. The maximum absolute atomic E-state index is 6.00. The Kier molecular flexibility index (Phi) is 3.84. The molecule has 0 radical (unpaired) electrons. The lowest BCUT2D eigenvalue weighted by Gasteiger charge is -2.29. The van der Waals surface area contributed by atoms with Gasteiger partial charge in [-0.2, -0.15) is 5.10 Å². The Balaban J connectivity index is 2.26. The van der Waals surface area contributed by atoms with Crippen molar-refractivity contribution in [2.45, 2.75) is 45.2 Å². The first-order chi connectivity index (χ1) is 8.21. The van der Waals surface area contributed by atoms with Crippen molar-refractivity contribution in [3.05, 3.63) is 17.5 Å². The molecule has 0 amide bonds. The maximum atomic E-state index is 6.00. The Labute approximate surface area is 104 Å². The first-order valence-corrected chi connectivity index (χ1v) is 6.69. The van der Waals surface area contributed by atoms with Gasteiger partial charge in [0.15, 0.2) is 0 Å². The van der Waals surface area contributed by atoms with Gasteiger partial charge in [-0.15, -0.1) is 0 Å². The molecular formula is C13H24N4. The van der Waals surface area contributed by atoms with E-state index in [-0.39, 0.29) is 0 Å². The quantitative estimate of drug-likeness (QED) is 0.813. The average Bonchev–Trinajstić information content (AvgIpc) is 3.09. The van der Waals surface area contributed by atoms with Gasteiger partial charge in [-0.05, 0) is 25.8 Å². The molecule has 0 aromatic carbocycles. The molecule has 2 N–H and O–H groups in total. The van der Waals surface area contributed by atoms with Crippen molar-refractivity contribution in [3.8, 4) is 0 Å². The number of likely N-dealkylation sites (N-methyl/N-ethyl adjacent to an activating group) is 1. The molecule has 1 aliphatic carbocycles. The van der Waals surface area contributed by atoms with Crippen LogP contribution in [-0.2, 0) is 13.5 Å². The SMILES string of the molecule is CCc1nn(C)cc1C(CN)N(CC)C1CC1. The fourth-order valence-corrected chi connectivity index (χ4v) is 2.69. The summed E-state index contributed by atoms with van der Waals surface area (Å²) in [6, 6.07) is 1.09. The van der Waals surface area contributed by atoms with Gasteiger partial charge in [0, 0.05) is 31.4 Å². The fourth-order valence-electron chi connectivity index (χ4n) is 2.69. The van der Waals surface area contributed by atoms with E-state index in [1.165, 1.54) is 24.1 Å². The predicted octanol–water partition coefficient (Wildman–Crippen LogP) is 1.47. The molecule has 1 unspecified atom stereocenters. The summed E-state index contributed by atoms with van der Waals surface area (Å²) in [6.07, 6.45) is 5.77. The molecule has 4 nitrogen and oxygen atoms in total. The molecule has 96 valence electrons. The molecule has 0 spiro atoms. The second-order valence-electron chi connectivity index (χ2n) is 4.87. The molecule has 4 heteroatoms. The number of aryl methyl sites for hydroxylation is 2. The standard InChI is InChI=1S/C13H24N4/c1-4-12-11(9-16(3)15-12)13(8-14)17(5-2)10-6-7-10/h9-10,13H,4-8,14H2,1-3H3. The third-order valence-electron chi connectivity index (χ3n) is 3.64. The molecule has 1 fully saturated rings. The maximum Gasteiger partial charge on any atom is 0.0670 e. The lowest BCUT2D eigenvalue weighted by Crippen LogP contribution is -2.35. The van der Waals surface area contributed by atoms with Crippen LogP contribution in [0.1, 0.15) is 44.0 Å². The first-order valence-electron chi connectivity index (χ1n) is 6.69. The Morgan fingerprint density at radius 2 is 2.24 bits per heavy atom. The van der Waals surface area contributed by atoms with Gasteiger partial charge in [-0.25, -0.2) is 0 Å². The van der Waals surface area contributed by atoms with Crippen molar-refractivity contribution in [2.75, 3.05) is 13.1 Å². The van der Waals surface area contributed by atoms with Gasteiger partial charge < -0.3 is 5.73 Å². The second kappa shape index (κ2) is 5.19. The number of nitrogens with two attached hydrogens (primary N) is 1. The van der Waals surface area contributed by atoms with Crippen molar-refractivity contribution in [2.24, 2.45) is 12.8 Å². The van der Waals surface area contributed by atoms with E-state index in [4.69, 9.17) is 5.73 Å². The highest BCUT2D eigenvalue weighted by Crippen LogP contribution is 2.34. The first kappa shape index (κ1) is 12.6. The number of aromatic nitrogens is 2. The number of rotatable bonds is 6. The summed E-state index contributed by atoms with van der Waals surface area (Å²) in [7, 11) is 1.99. The number of hydrogen-bond acceptors (Lipinski definition) is 3. The third kappa shape index (κ3) is 2.53. The van der Waals surface area contributed by atoms with Crippen LogP contribution in [0.15, 0.2) is 6.20 Å². The van der Waals surface area contributed by atoms with Gasteiger partial charge in [0.25, 0.3) is 0 Å². The number of nitrogens with zero attached hydrogens (tertiary/aromatic N) is 3. The van der Waals surface area contributed by atoms with Crippen LogP contribution < -0.4 is 5.73 Å². The molecule has 1 saturated carbocycles. The van der Waals surface area contributed by atoms with Crippen LogP contribution in [0, 0.1) is 0 Å². The van der Waals surface area contributed by atoms with Crippen molar-refractivity contribution >= 4 is 0 Å². The predicted molar refractivity (Wildman–Crippen MR) is 69.8 cm³/mol. The van der Waals surface area contributed by atoms with Crippen LogP contribution in [0.5, 0.6) is 0 Å². The lowest BCUT2D eigenvalue weighted by atomic mass is 10.0. The molecule has 1 heterocycles. The summed E-state index contributed by atoms with van der Waals surface area (Å²) in [4.78, 5) is 2.54. The fraction of sp³-hybridized carbons (Fsp3) is 0.769. The Bertz CT molecular complexity index is 367. The second-order valence-corrected chi connectivity index (χ2v) is 4.87. The molecular weight excluding hydrogens is 212 g/mol. The largest absolute Gasteiger partial charge is 0.329 e. The van der Waals surface area contributed by atoms with Crippen LogP contribution in [0.3, 0.4) is 0 Å². The normalized spacial score (nSPS) is 17.7. The van der Waals surface area contributed by atoms with E-state index in [1.54, 1.807) is 0 Å². The van der Waals surface area contributed by atoms with Gasteiger partial charge in [0.1, 0.15) is 0 Å². The van der Waals surface area contributed by atoms with Crippen LogP contribution in [0.2, 0.25) is 0 Å². The van der Waals surface area contributed by atoms with Gasteiger partial charge in [0.05, 0.1) is 11.7 Å². The van der Waals surface area contributed by atoms with Crippen LogP contribution in [0.4, 0.5) is 0 Å². The molecule has 1 atom stereocenters. The average molecular weight is 236 g/mol. The minimum Gasteiger partial charge on any atom is -0.329 e. The van der Waals surface area contributed by atoms with E-state index in [1.807, 2.05) is 11.7 Å². The van der Waals surface area contributed by atoms with E-state index < -0.39 is 0 Å². The molecule has 0 saturated heterocycles. The highest BCUT2D eigenvalue weighted by Gasteiger charge is 2.34. The van der Waals surface area contributed by atoms with Gasteiger partial charge in [-0.3, -0.25) is 9.58 Å². The van der Waals surface area contributed by atoms with Crippen molar-refractivity contribution in [1.82, 2.24) is 14.7 Å². The Morgan fingerprint density at radius 3 is 2.71 bits per heavy atom. The molecule has 1 aromatic heterocycles. The molecule has 1 aromatic rings. The summed E-state index contributed by atoms with van der Waals surface area (Å²) >= 11 is 0. The summed E-state index contributed by atoms with van der Waals surface area (Å²) in [5.74, 6) is 0. The molecule has 1 aliphatic rings. The zero-order valence-electron chi connectivity index (χ0n) is 11.2. The third-order valence-corrected chi connectivity index (χ3v) is 3.64. The molecule has 17 heavy (non-hydrogen) atoms. The minimum atomic E-state index is 0.344. The summed E-state index contributed by atoms with van der Waals surface area (Å²) in [6.45, 7) is 6.14. The highest BCUT2D eigenvalue weighted by molar-refractivity contribution is 5.22. The number of hydrogen-bond donors (Lipinski definition) is 1. The summed E-state index contributed by atoms with van der Waals surface area (Å²) < 4.78 is 1.91. The van der Waals surface area contributed by atoms with Crippen LogP contribution in [-0.4, -0.2) is 33.8 Å². The zero-order chi connectivity index (χ0) is 12.4. The summed E-state index contributed by atoms with van der Waals surface area (Å²) in [5, 5.41) is 4.53. The van der Waals surface area contributed by atoms with Gasteiger partial charge >= 0.3 is 0 Å². The van der Waals surface area contributed by atoms with E-state index in [9.17, 15) is 0 Å². The smallest absolute Gasteiger partial charge is 0.0670 e. The molecule has 0 bridgehead atoms. The van der Waals surface area contributed by atoms with Crippen molar-refractivity contribution in [1.29, 1.82) is 0 Å². The minimum absolute atomic E-state index is 0.344. The van der Waals surface area contributed by atoms with Gasteiger partial charge in [0.2, 0.25) is 0 Å². The van der Waals surface area contributed by atoms with Crippen LogP contribution >= 0.6 is 0 Å². The molecule has 0 aliphatic heterocycles. The topological polar surface area (TPSA) is 47.1 Å². The van der Waals surface area contributed by atoms with E-state index in [0.29, 0.717) is 12.6 Å². The lowest BCUT2D eigenvalue weighted by molar-refractivity contribution is 0.201. The zero-order valence-corrected chi connectivity index (χ0v) is 11.2. The Hall–Kier alpha value is -0.870. The Morgan fingerprint density at radius 1 is 1.53 bits per heavy atom. The van der Waals surface area contributed by atoms with E-state index >= 15 is 0 Å². The van der Waals surface area contributed by atoms with E-state index in [2.05, 4.69) is 30.0 Å². The highest BCUT2D eigenvalue weighted by atomic mass is 15.3. The van der Waals surface area contributed by atoms with Crippen molar-refractivity contribution in [3.63, 3.8) is 0 Å². The van der Waals surface area contributed by atoms with Crippen LogP contribution in [0.25, 0.3) is 0 Å². The molecule has 2 rings (SSSR count). The van der Waals surface area contributed by atoms with E-state index in [0.717, 1.165) is 19.0 Å². The monoisotopic (exact) mass is 236 g/mol.